The first kappa shape index (κ1) is 22.5. The Hall–Kier alpha value is -1.53. The predicted octanol–water partition coefficient (Wildman–Crippen LogP) is -0.217. The number of sulfonamides is 1. The fourth-order valence-corrected chi connectivity index (χ4v) is 3.31. The van der Waals surface area contributed by atoms with Crippen molar-refractivity contribution in [1.29, 1.82) is 0 Å². The molecule has 3 N–H and O–H groups in total. The Bertz CT molecular complexity index is 709. The van der Waals surface area contributed by atoms with Gasteiger partial charge in [-0.25, -0.2) is 8.42 Å². The molecular formula is C15H21BrN2O7S. The molecule has 0 fully saturated rings. The number of esters is 1. The van der Waals surface area contributed by atoms with Crippen molar-refractivity contribution in [3.8, 4) is 0 Å². The minimum Gasteiger partial charge on any atom is -0.454 e. The zero-order valence-corrected chi connectivity index (χ0v) is 16.7. The van der Waals surface area contributed by atoms with Gasteiger partial charge in [0, 0.05) is 17.6 Å². The summed E-state index contributed by atoms with van der Waals surface area (Å²) >= 11 is 3.19. The van der Waals surface area contributed by atoms with Crippen molar-refractivity contribution >= 4 is 37.8 Å². The van der Waals surface area contributed by atoms with Crippen molar-refractivity contribution in [3.05, 3.63) is 28.7 Å². The Balaban J connectivity index is 2.63. The molecule has 9 nitrogen and oxygen atoms in total. The van der Waals surface area contributed by atoms with Gasteiger partial charge in [0.2, 0.25) is 10.0 Å². The van der Waals surface area contributed by atoms with Gasteiger partial charge in [-0.15, -0.1) is 0 Å². The van der Waals surface area contributed by atoms with Crippen molar-refractivity contribution in [3.63, 3.8) is 0 Å². The first-order chi connectivity index (χ1) is 12.2. The molecule has 0 aliphatic carbocycles. The van der Waals surface area contributed by atoms with Crippen LogP contribution in [-0.4, -0.2) is 64.4 Å². The molecule has 0 aromatic heterocycles. The van der Waals surface area contributed by atoms with Gasteiger partial charge in [-0.3, -0.25) is 9.59 Å². The Morgan fingerprint density at radius 2 is 1.88 bits per heavy atom. The van der Waals surface area contributed by atoms with Crippen LogP contribution in [0.5, 0.6) is 0 Å². The molecule has 0 heterocycles. The van der Waals surface area contributed by atoms with E-state index in [0.717, 1.165) is 0 Å². The minimum atomic E-state index is -4.05. The summed E-state index contributed by atoms with van der Waals surface area (Å²) in [6.45, 7) is 0.553. The van der Waals surface area contributed by atoms with Crippen LogP contribution in [0.4, 0.5) is 0 Å². The van der Waals surface area contributed by atoms with Crippen LogP contribution in [0.25, 0.3) is 0 Å². The highest BCUT2D eigenvalue weighted by molar-refractivity contribution is 9.10. The third kappa shape index (κ3) is 7.38. The molecule has 0 saturated heterocycles. The summed E-state index contributed by atoms with van der Waals surface area (Å²) in [7, 11) is -2.57. The molecule has 1 amide bonds. The zero-order chi connectivity index (χ0) is 19.7. The van der Waals surface area contributed by atoms with Gasteiger partial charge in [0.15, 0.2) is 6.61 Å². The largest absolute Gasteiger partial charge is 0.454 e. The molecule has 0 radical (unpaired) electrons. The van der Waals surface area contributed by atoms with Gasteiger partial charge in [0.25, 0.3) is 5.91 Å². The topological polar surface area (TPSA) is 131 Å². The van der Waals surface area contributed by atoms with E-state index in [1.807, 2.05) is 4.72 Å². The summed E-state index contributed by atoms with van der Waals surface area (Å²) in [6, 6.07) is 3.88. The second-order valence-corrected chi connectivity index (χ2v) is 7.97. The second kappa shape index (κ2) is 10.6. The van der Waals surface area contributed by atoms with Crippen LogP contribution in [0.3, 0.4) is 0 Å². The zero-order valence-electron chi connectivity index (χ0n) is 14.3. The Morgan fingerprint density at radius 1 is 1.27 bits per heavy atom. The summed E-state index contributed by atoms with van der Waals surface area (Å²) in [5, 5.41) is 11.8. The molecule has 2 atom stereocenters. The maximum Gasteiger partial charge on any atom is 0.327 e. The van der Waals surface area contributed by atoms with Gasteiger partial charge in [-0.1, -0.05) is 15.9 Å². The van der Waals surface area contributed by atoms with Crippen LogP contribution >= 0.6 is 15.9 Å². The number of hydrogen-bond acceptors (Lipinski definition) is 7. The molecule has 1 aromatic rings. The molecule has 0 saturated carbocycles. The summed E-state index contributed by atoms with van der Waals surface area (Å²) in [5.41, 5.74) is 0. The van der Waals surface area contributed by atoms with E-state index >= 15 is 0 Å². The fourth-order valence-electron chi connectivity index (χ4n) is 1.87. The van der Waals surface area contributed by atoms with Crippen molar-refractivity contribution in [2.45, 2.75) is 23.9 Å². The smallest absolute Gasteiger partial charge is 0.327 e. The quantitative estimate of drug-likeness (QED) is 0.418. The Kier molecular flexibility index (Phi) is 9.16. The lowest BCUT2D eigenvalue weighted by Gasteiger charge is -2.16. The van der Waals surface area contributed by atoms with Gasteiger partial charge in [-0.2, -0.15) is 4.72 Å². The number of rotatable bonds is 10. The fraction of sp³-hybridized carbons (Fsp3) is 0.467. The Labute approximate surface area is 160 Å². The number of aliphatic hydroxyl groups excluding tert-OH is 1. The van der Waals surface area contributed by atoms with E-state index in [1.54, 1.807) is 6.92 Å². The maximum absolute atomic E-state index is 12.2. The molecule has 0 aliphatic heterocycles. The maximum atomic E-state index is 12.2. The van der Waals surface area contributed by atoms with Crippen LogP contribution in [0.15, 0.2) is 33.6 Å². The van der Waals surface area contributed by atoms with E-state index < -0.39 is 41.2 Å². The number of ether oxygens (including phenoxy) is 2. The standard InChI is InChI=1S/C15H21BrN2O7S/c1-10(8-24-2)17-14(20)9-25-15(21)13(7-19)18-26(22,23)12-5-3-11(16)4-6-12/h3-6,10,13,18-19H,7-9H2,1-2H3,(H,17,20). The number of amides is 1. The first-order valence-electron chi connectivity index (χ1n) is 7.53. The molecule has 2 unspecified atom stereocenters. The number of halogens is 1. The molecule has 0 bridgehead atoms. The van der Waals surface area contributed by atoms with Gasteiger partial charge in [0.05, 0.1) is 18.1 Å². The lowest BCUT2D eigenvalue weighted by atomic mass is 10.3. The lowest BCUT2D eigenvalue weighted by Crippen LogP contribution is -2.45. The summed E-state index contributed by atoms with van der Waals surface area (Å²) in [6.07, 6.45) is 0. The first-order valence-corrected chi connectivity index (χ1v) is 9.81. The van der Waals surface area contributed by atoms with E-state index in [-0.39, 0.29) is 17.5 Å². The van der Waals surface area contributed by atoms with Gasteiger partial charge in [0.1, 0.15) is 6.04 Å². The van der Waals surface area contributed by atoms with E-state index in [2.05, 4.69) is 21.2 Å². The minimum absolute atomic E-state index is 0.0851. The third-order valence-electron chi connectivity index (χ3n) is 3.06. The van der Waals surface area contributed by atoms with E-state index in [9.17, 15) is 23.1 Å². The normalized spacial score (nSPS) is 13.7. The number of carbonyl (C=O) groups is 2. The molecule has 11 heteroatoms. The van der Waals surface area contributed by atoms with Crippen molar-refractivity contribution in [2.24, 2.45) is 0 Å². The van der Waals surface area contributed by atoms with Gasteiger partial charge >= 0.3 is 5.97 Å². The number of hydrogen-bond donors (Lipinski definition) is 3. The van der Waals surface area contributed by atoms with Crippen molar-refractivity contribution in [1.82, 2.24) is 10.0 Å². The SMILES string of the molecule is COCC(C)NC(=O)COC(=O)C(CO)NS(=O)(=O)c1ccc(Br)cc1. The van der Waals surface area contributed by atoms with Gasteiger partial charge < -0.3 is 19.9 Å². The number of aliphatic hydroxyl groups is 1. The van der Waals surface area contributed by atoms with E-state index in [1.165, 1.54) is 31.4 Å². The molecule has 1 rings (SSSR count). The van der Waals surface area contributed by atoms with Crippen molar-refractivity contribution < 1.29 is 32.6 Å². The molecule has 1 aromatic carbocycles. The van der Waals surface area contributed by atoms with Crippen molar-refractivity contribution in [2.75, 3.05) is 26.9 Å². The second-order valence-electron chi connectivity index (χ2n) is 5.34. The average molecular weight is 453 g/mol. The van der Waals surface area contributed by atoms with Crippen LogP contribution in [-0.2, 0) is 29.1 Å². The molecule has 146 valence electrons. The monoisotopic (exact) mass is 452 g/mol. The van der Waals surface area contributed by atoms with E-state index in [0.29, 0.717) is 4.47 Å². The predicted molar refractivity (Wildman–Crippen MR) is 95.8 cm³/mol. The summed E-state index contributed by atoms with van der Waals surface area (Å²) in [5.74, 6) is -1.64. The third-order valence-corrected chi connectivity index (χ3v) is 5.07. The highest BCUT2D eigenvalue weighted by atomic mass is 79.9. The van der Waals surface area contributed by atoms with Crippen LogP contribution in [0.1, 0.15) is 6.92 Å². The van der Waals surface area contributed by atoms with E-state index in [4.69, 9.17) is 9.47 Å². The number of nitrogens with one attached hydrogen (secondary N) is 2. The molecule has 26 heavy (non-hydrogen) atoms. The highest BCUT2D eigenvalue weighted by Crippen LogP contribution is 2.15. The summed E-state index contributed by atoms with van der Waals surface area (Å²) < 4.78 is 36.8. The van der Waals surface area contributed by atoms with Crippen LogP contribution in [0.2, 0.25) is 0 Å². The Morgan fingerprint density at radius 3 is 2.42 bits per heavy atom. The molecule has 0 aliphatic rings. The highest BCUT2D eigenvalue weighted by Gasteiger charge is 2.27. The molecule has 0 spiro atoms. The van der Waals surface area contributed by atoms with Crippen LogP contribution in [0, 0.1) is 0 Å². The number of carbonyl (C=O) groups excluding carboxylic acids is 2. The van der Waals surface area contributed by atoms with Crippen LogP contribution < -0.4 is 10.0 Å². The number of methoxy groups -OCH3 is 1. The number of benzene rings is 1. The summed E-state index contributed by atoms with van der Waals surface area (Å²) in [4.78, 5) is 23.5. The average Bonchev–Trinajstić information content (AvgIpc) is 2.58. The molecular weight excluding hydrogens is 432 g/mol. The van der Waals surface area contributed by atoms with Gasteiger partial charge in [-0.05, 0) is 31.2 Å². The lowest BCUT2D eigenvalue weighted by molar-refractivity contribution is -0.151.